The Kier molecular flexibility index (Phi) is 10.9. The first-order valence-electron chi connectivity index (χ1n) is 10.6. The number of carboxylic acid groups (broad SMARTS) is 2. The standard InChI is InChI=1S/C23H35NO6/c1-23(2,3)30-22(29)24(16-8-6-4-5-7-9-20(25)26)17-19-12-10-18(11-13-19)14-15-21(27)28/h10-13H,4-9,14-17H2,1-3H3,(H,25,26)(H,27,28). The van der Waals surface area contributed by atoms with E-state index in [9.17, 15) is 14.4 Å². The van der Waals surface area contributed by atoms with Gasteiger partial charge in [0.25, 0.3) is 0 Å². The van der Waals surface area contributed by atoms with Crippen LogP contribution < -0.4 is 0 Å². The average Bonchev–Trinajstić information content (AvgIpc) is 2.64. The summed E-state index contributed by atoms with van der Waals surface area (Å²) in [6.07, 6.45) is 4.65. The van der Waals surface area contributed by atoms with Crippen LogP contribution in [0.15, 0.2) is 24.3 Å². The van der Waals surface area contributed by atoms with E-state index in [1.54, 1.807) is 4.90 Å². The zero-order chi connectivity index (χ0) is 22.6. The third-order valence-corrected chi connectivity index (χ3v) is 4.49. The van der Waals surface area contributed by atoms with Crippen molar-refractivity contribution in [2.45, 2.75) is 84.3 Å². The van der Waals surface area contributed by atoms with Crippen molar-refractivity contribution in [2.24, 2.45) is 0 Å². The number of amides is 1. The number of aryl methyl sites for hydroxylation is 1. The van der Waals surface area contributed by atoms with Gasteiger partial charge in [-0.1, -0.05) is 43.5 Å². The van der Waals surface area contributed by atoms with Gasteiger partial charge in [-0.2, -0.15) is 0 Å². The first kappa shape index (κ1) is 25.5. The second-order valence-electron chi connectivity index (χ2n) is 8.52. The molecule has 1 amide bonds. The Labute approximate surface area is 179 Å². The fraction of sp³-hybridized carbons (Fsp3) is 0.609. The highest BCUT2D eigenvalue weighted by molar-refractivity contribution is 5.68. The summed E-state index contributed by atoms with van der Waals surface area (Å²) in [6.45, 7) is 6.50. The van der Waals surface area contributed by atoms with Crippen molar-refractivity contribution in [2.75, 3.05) is 6.54 Å². The van der Waals surface area contributed by atoms with Crippen LogP contribution in [0.4, 0.5) is 4.79 Å². The third kappa shape index (κ3) is 12.1. The van der Waals surface area contributed by atoms with Gasteiger partial charge in [-0.15, -0.1) is 0 Å². The molecule has 0 spiro atoms. The largest absolute Gasteiger partial charge is 0.481 e. The van der Waals surface area contributed by atoms with E-state index in [2.05, 4.69) is 0 Å². The molecule has 30 heavy (non-hydrogen) atoms. The fourth-order valence-corrected chi connectivity index (χ4v) is 2.95. The predicted molar refractivity (Wildman–Crippen MR) is 114 cm³/mol. The molecule has 0 heterocycles. The monoisotopic (exact) mass is 421 g/mol. The van der Waals surface area contributed by atoms with Gasteiger partial charge >= 0.3 is 18.0 Å². The number of hydrogen-bond acceptors (Lipinski definition) is 4. The highest BCUT2D eigenvalue weighted by Crippen LogP contribution is 2.16. The van der Waals surface area contributed by atoms with Crippen molar-refractivity contribution in [1.82, 2.24) is 4.90 Å². The second kappa shape index (κ2) is 12.9. The summed E-state index contributed by atoms with van der Waals surface area (Å²) in [7, 11) is 0. The molecule has 0 saturated heterocycles. The van der Waals surface area contributed by atoms with Crippen LogP contribution in [-0.4, -0.2) is 45.3 Å². The first-order chi connectivity index (χ1) is 14.1. The molecule has 0 aliphatic rings. The normalized spacial score (nSPS) is 11.2. The van der Waals surface area contributed by atoms with E-state index in [0.717, 1.165) is 36.8 Å². The molecule has 0 bridgehead atoms. The van der Waals surface area contributed by atoms with E-state index >= 15 is 0 Å². The molecular weight excluding hydrogens is 386 g/mol. The summed E-state index contributed by atoms with van der Waals surface area (Å²) < 4.78 is 5.54. The Morgan fingerprint density at radius 1 is 0.833 bits per heavy atom. The molecule has 0 atom stereocenters. The van der Waals surface area contributed by atoms with Crippen LogP contribution >= 0.6 is 0 Å². The summed E-state index contributed by atoms with van der Waals surface area (Å²) >= 11 is 0. The topological polar surface area (TPSA) is 104 Å². The van der Waals surface area contributed by atoms with Crippen molar-refractivity contribution in [3.63, 3.8) is 0 Å². The van der Waals surface area contributed by atoms with Gasteiger partial charge in [0.2, 0.25) is 0 Å². The minimum atomic E-state index is -0.821. The number of hydrogen-bond donors (Lipinski definition) is 2. The Morgan fingerprint density at radius 3 is 1.93 bits per heavy atom. The van der Waals surface area contributed by atoms with E-state index < -0.39 is 17.5 Å². The first-order valence-corrected chi connectivity index (χ1v) is 10.6. The molecule has 0 fully saturated rings. The average molecular weight is 422 g/mol. The van der Waals surface area contributed by atoms with E-state index in [1.165, 1.54) is 0 Å². The number of ether oxygens (including phenoxy) is 1. The molecule has 0 aromatic heterocycles. The summed E-state index contributed by atoms with van der Waals surface area (Å²) in [4.78, 5) is 35.6. The Morgan fingerprint density at radius 2 is 1.37 bits per heavy atom. The molecule has 1 aromatic rings. The zero-order valence-electron chi connectivity index (χ0n) is 18.4. The maximum atomic E-state index is 12.6. The van der Waals surface area contributed by atoms with Crippen LogP contribution in [0.3, 0.4) is 0 Å². The van der Waals surface area contributed by atoms with Crippen LogP contribution in [0, 0.1) is 0 Å². The zero-order valence-corrected chi connectivity index (χ0v) is 18.4. The maximum absolute atomic E-state index is 12.6. The SMILES string of the molecule is CC(C)(C)OC(=O)N(CCCCCCCC(=O)O)Cc1ccc(CCC(=O)O)cc1. The number of rotatable bonds is 13. The summed E-state index contributed by atoms with van der Waals surface area (Å²) in [5.41, 5.74) is 1.33. The van der Waals surface area contributed by atoms with E-state index in [4.69, 9.17) is 14.9 Å². The van der Waals surface area contributed by atoms with Crippen molar-refractivity contribution >= 4 is 18.0 Å². The molecule has 7 nitrogen and oxygen atoms in total. The van der Waals surface area contributed by atoms with Crippen LogP contribution in [0.1, 0.15) is 76.8 Å². The minimum Gasteiger partial charge on any atom is -0.481 e. The van der Waals surface area contributed by atoms with Gasteiger partial charge in [0.1, 0.15) is 5.60 Å². The van der Waals surface area contributed by atoms with Crippen LogP contribution in [0.5, 0.6) is 0 Å². The van der Waals surface area contributed by atoms with Gasteiger partial charge in [0, 0.05) is 25.9 Å². The lowest BCUT2D eigenvalue weighted by atomic mass is 10.1. The lowest BCUT2D eigenvalue weighted by Gasteiger charge is -2.27. The van der Waals surface area contributed by atoms with Gasteiger partial charge in [-0.05, 0) is 51.2 Å². The van der Waals surface area contributed by atoms with Gasteiger partial charge in [-0.3, -0.25) is 9.59 Å². The van der Waals surface area contributed by atoms with Crippen LogP contribution in [-0.2, 0) is 27.3 Å². The van der Waals surface area contributed by atoms with E-state index in [-0.39, 0.29) is 18.9 Å². The second-order valence-corrected chi connectivity index (χ2v) is 8.52. The van der Waals surface area contributed by atoms with Gasteiger partial charge in [0.15, 0.2) is 0 Å². The van der Waals surface area contributed by atoms with Crippen molar-refractivity contribution in [1.29, 1.82) is 0 Å². The van der Waals surface area contributed by atoms with Crippen LogP contribution in [0.25, 0.3) is 0 Å². The number of nitrogens with zero attached hydrogens (tertiary/aromatic N) is 1. The van der Waals surface area contributed by atoms with Gasteiger partial charge < -0.3 is 19.8 Å². The molecule has 0 aliphatic heterocycles. The lowest BCUT2D eigenvalue weighted by Crippen LogP contribution is -2.37. The smallest absolute Gasteiger partial charge is 0.410 e. The molecule has 1 aromatic carbocycles. The highest BCUT2D eigenvalue weighted by Gasteiger charge is 2.22. The van der Waals surface area contributed by atoms with Gasteiger partial charge in [-0.25, -0.2) is 4.79 Å². The number of benzene rings is 1. The summed E-state index contributed by atoms with van der Waals surface area (Å²) in [5.74, 6) is -1.58. The molecule has 0 unspecified atom stereocenters. The van der Waals surface area contributed by atoms with E-state index in [1.807, 2.05) is 45.0 Å². The van der Waals surface area contributed by atoms with Crippen molar-refractivity contribution in [3.05, 3.63) is 35.4 Å². The highest BCUT2D eigenvalue weighted by atomic mass is 16.6. The maximum Gasteiger partial charge on any atom is 0.410 e. The summed E-state index contributed by atoms with van der Waals surface area (Å²) in [6, 6.07) is 7.63. The number of carbonyl (C=O) groups excluding carboxylic acids is 1. The van der Waals surface area contributed by atoms with Gasteiger partial charge in [0.05, 0.1) is 0 Å². The third-order valence-electron chi connectivity index (χ3n) is 4.49. The fourth-order valence-electron chi connectivity index (χ4n) is 2.95. The Hall–Kier alpha value is -2.57. The number of unbranched alkanes of at least 4 members (excludes halogenated alkanes) is 4. The Bertz CT molecular complexity index is 678. The summed E-state index contributed by atoms with van der Waals surface area (Å²) in [5, 5.41) is 17.5. The van der Waals surface area contributed by atoms with Crippen molar-refractivity contribution < 1.29 is 29.3 Å². The number of carbonyl (C=O) groups is 3. The molecule has 0 saturated carbocycles. The molecule has 0 radical (unpaired) electrons. The molecule has 0 aliphatic carbocycles. The minimum absolute atomic E-state index is 0.0931. The quantitative estimate of drug-likeness (QED) is 0.441. The molecule has 1 rings (SSSR count). The van der Waals surface area contributed by atoms with Crippen LogP contribution in [0.2, 0.25) is 0 Å². The molecule has 168 valence electrons. The number of carboxylic acids is 2. The molecule has 7 heteroatoms. The number of aliphatic carboxylic acids is 2. The lowest BCUT2D eigenvalue weighted by molar-refractivity contribution is -0.138. The predicted octanol–water partition coefficient (Wildman–Crippen LogP) is 4.87. The molecule has 2 N–H and O–H groups in total. The van der Waals surface area contributed by atoms with Crippen molar-refractivity contribution in [3.8, 4) is 0 Å². The van der Waals surface area contributed by atoms with E-state index in [0.29, 0.717) is 25.9 Å². The molecular formula is C23H35NO6. The Balaban J connectivity index is 2.59.